The minimum atomic E-state index is -4.56. The van der Waals surface area contributed by atoms with Gasteiger partial charge in [-0.05, 0) is 20.8 Å². The van der Waals surface area contributed by atoms with Gasteiger partial charge < -0.3 is 10.4 Å². The van der Waals surface area contributed by atoms with Crippen LogP contribution in [0.1, 0.15) is 38.3 Å². The van der Waals surface area contributed by atoms with Gasteiger partial charge in [0.2, 0.25) is 0 Å². The third kappa shape index (κ3) is 4.58. The minimum Gasteiger partial charge on any atom is -0.385 e. The zero-order chi connectivity index (χ0) is 14.0. The summed E-state index contributed by atoms with van der Waals surface area (Å²) in [6.45, 7) is 5.77. The molecule has 0 saturated heterocycles. The zero-order valence-corrected chi connectivity index (χ0v) is 10.4. The van der Waals surface area contributed by atoms with Crippen molar-refractivity contribution in [1.29, 1.82) is 0 Å². The molecule has 0 bridgehead atoms. The first-order chi connectivity index (χ1) is 8.09. The number of rotatable bonds is 3. The van der Waals surface area contributed by atoms with Gasteiger partial charge in [0.25, 0.3) is 0 Å². The van der Waals surface area contributed by atoms with Gasteiger partial charge in [-0.25, -0.2) is 4.98 Å². The number of aliphatic hydroxyl groups is 1. The second-order valence-corrected chi connectivity index (χ2v) is 4.97. The van der Waals surface area contributed by atoms with Crippen LogP contribution in [0.2, 0.25) is 0 Å². The summed E-state index contributed by atoms with van der Waals surface area (Å²) in [6, 6.07) is 0. The summed E-state index contributed by atoms with van der Waals surface area (Å²) in [4.78, 5) is 6.81. The minimum absolute atomic E-state index is 0.0958. The highest BCUT2D eigenvalue weighted by Crippen LogP contribution is 2.27. The van der Waals surface area contributed by atoms with Crippen LogP contribution in [0, 0.1) is 0 Å². The molecular formula is C11H16F3N3O. The molecule has 1 aromatic rings. The Kier molecular flexibility index (Phi) is 4.28. The van der Waals surface area contributed by atoms with Crippen LogP contribution in [0.25, 0.3) is 0 Å². The van der Waals surface area contributed by atoms with Gasteiger partial charge in [-0.2, -0.15) is 13.2 Å². The first-order valence-electron chi connectivity index (χ1n) is 5.42. The van der Waals surface area contributed by atoms with Crippen molar-refractivity contribution < 1.29 is 18.3 Å². The molecule has 4 nitrogen and oxygen atoms in total. The van der Waals surface area contributed by atoms with Crippen molar-refractivity contribution in [2.24, 2.45) is 0 Å². The summed E-state index contributed by atoms with van der Waals surface area (Å²) in [5.41, 5.74) is -1.44. The van der Waals surface area contributed by atoms with Gasteiger partial charge in [-0.1, -0.05) is 0 Å². The van der Waals surface area contributed by atoms with Crippen LogP contribution in [0.5, 0.6) is 0 Å². The van der Waals surface area contributed by atoms with Crippen molar-refractivity contribution in [3.63, 3.8) is 0 Å². The molecule has 102 valence electrons. The van der Waals surface area contributed by atoms with Crippen LogP contribution in [-0.2, 0) is 6.18 Å². The van der Waals surface area contributed by atoms with Crippen molar-refractivity contribution in [3.8, 4) is 0 Å². The van der Waals surface area contributed by atoms with E-state index in [9.17, 15) is 18.3 Å². The lowest BCUT2D eigenvalue weighted by Crippen LogP contribution is -2.38. The van der Waals surface area contributed by atoms with E-state index >= 15 is 0 Å². The molecule has 0 fully saturated rings. The van der Waals surface area contributed by atoms with Crippen molar-refractivity contribution in [2.75, 3.05) is 6.54 Å². The Hall–Kier alpha value is -1.21. The number of hydrogen-bond acceptors (Lipinski definition) is 4. The monoisotopic (exact) mass is 263 g/mol. The molecular weight excluding hydrogens is 247 g/mol. The van der Waals surface area contributed by atoms with Gasteiger partial charge in [0, 0.05) is 12.1 Å². The van der Waals surface area contributed by atoms with E-state index in [0.29, 0.717) is 6.20 Å². The van der Waals surface area contributed by atoms with E-state index in [1.807, 2.05) is 20.8 Å². The van der Waals surface area contributed by atoms with E-state index in [0.717, 1.165) is 6.20 Å². The number of nitrogens with zero attached hydrogens (tertiary/aromatic N) is 2. The Morgan fingerprint density at radius 1 is 1.28 bits per heavy atom. The number of aromatic nitrogens is 2. The van der Waals surface area contributed by atoms with Crippen molar-refractivity contribution in [2.45, 2.75) is 38.6 Å². The van der Waals surface area contributed by atoms with Crippen LogP contribution in [0.4, 0.5) is 13.2 Å². The first-order valence-corrected chi connectivity index (χ1v) is 5.42. The summed E-state index contributed by atoms with van der Waals surface area (Å²) >= 11 is 0. The average molecular weight is 263 g/mol. The molecule has 1 rings (SSSR count). The molecule has 2 N–H and O–H groups in total. The number of hydrogen-bond donors (Lipinski definition) is 2. The Bertz CT molecular complexity index is 401. The highest BCUT2D eigenvalue weighted by atomic mass is 19.4. The zero-order valence-electron chi connectivity index (χ0n) is 10.4. The summed E-state index contributed by atoms with van der Waals surface area (Å²) in [5, 5.41) is 12.7. The van der Waals surface area contributed by atoms with Gasteiger partial charge in [0.15, 0.2) is 5.69 Å². The summed E-state index contributed by atoms with van der Waals surface area (Å²) in [5.74, 6) is 0. The summed E-state index contributed by atoms with van der Waals surface area (Å²) < 4.78 is 37.2. The van der Waals surface area contributed by atoms with Gasteiger partial charge in [0.05, 0.1) is 18.1 Å². The normalized spacial score (nSPS) is 14.6. The lowest BCUT2D eigenvalue weighted by atomic mass is 10.1. The summed E-state index contributed by atoms with van der Waals surface area (Å²) in [7, 11) is 0. The fourth-order valence-corrected chi connectivity index (χ4v) is 1.19. The highest BCUT2D eigenvalue weighted by Gasteiger charge is 2.33. The molecule has 0 aliphatic carbocycles. The Balaban J connectivity index is 2.78. The fourth-order valence-electron chi connectivity index (χ4n) is 1.19. The molecule has 0 saturated carbocycles. The Morgan fingerprint density at radius 3 is 2.39 bits per heavy atom. The number of halogens is 3. The molecule has 18 heavy (non-hydrogen) atoms. The predicted molar refractivity (Wildman–Crippen MR) is 59.7 cm³/mol. The number of aliphatic hydroxyl groups excluding tert-OH is 1. The highest BCUT2D eigenvalue weighted by molar-refractivity contribution is 5.09. The number of nitrogens with one attached hydrogen (secondary N) is 1. The topological polar surface area (TPSA) is 58.0 Å². The van der Waals surface area contributed by atoms with Crippen molar-refractivity contribution in [3.05, 3.63) is 23.8 Å². The van der Waals surface area contributed by atoms with Crippen molar-refractivity contribution in [1.82, 2.24) is 15.3 Å². The molecule has 0 spiro atoms. The molecule has 0 aliphatic heterocycles. The largest absolute Gasteiger partial charge is 0.434 e. The van der Waals surface area contributed by atoms with Crippen LogP contribution < -0.4 is 5.32 Å². The van der Waals surface area contributed by atoms with Gasteiger partial charge in [-0.15, -0.1) is 0 Å². The van der Waals surface area contributed by atoms with Crippen LogP contribution >= 0.6 is 0 Å². The van der Waals surface area contributed by atoms with E-state index in [-0.39, 0.29) is 17.8 Å². The molecule has 1 atom stereocenters. The fraction of sp³-hybridized carbons (Fsp3) is 0.636. The standard InChI is InChI=1S/C11H16F3N3O/c1-10(2,3)16-5-8(18)7-4-15-6-9(17-7)11(12,13)14/h4,6,8,16,18H,5H2,1-3H3/t8-/m0/s1. The van der Waals surface area contributed by atoms with E-state index in [1.54, 1.807) is 0 Å². The van der Waals surface area contributed by atoms with E-state index < -0.39 is 18.0 Å². The lowest BCUT2D eigenvalue weighted by molar-refractivity contribution is -0.141. The predicted octanol–water partition coefficient (Wildman–Crippen LogP) is 1.92. The SMILES string of the molecule is CC(C)(C)NC[C@H](O)c1cncc(C(F)(F)F)n1. The van der Waals surface area contributed by atoms with Gasteiger partial charge in [0.1, 0.15) is 6.10 Å². The quantitative estimate of drug-likeness (QED) is 0.874. The molecule has 0 aliphatic rings. The molecule has 0 unspecified atom stereocenters. The average Bonchev–Trinajstić information content (AvgIpc) is 2.24. The second kappa shape index (κ2) is 5.19. The maximum Gasteiger partial charge on any atom is 0.434 e. The second-order valence-electron chi connectivity index (χ2n) is 4.97. The van der Waals surface area contributed by atoms with Crippen LogP contribution in [0.15, 0.2) is 12.4 Å². The Morgan fingerprint density at radius 2 is 1.89 bits per heavy atom. The van der Waals surface area contributed by atoms with Gasteiger partial charge in [-0.3, -0.25) is 4.98 Å². The maximum atomic E-state index is 12.4. The maximum absolute atomic E-state index is 12.4. The summed E-state index contributed by atoms with van der Waals surface area (Å²) in [6.07, 6.45) is -3.92. The number of alkyl halides is 3. The van der Waals surface area contributed by atoms with E-state index in [2.05, 4.69) is 15.3 Å². The smallest absolute Gasteiger partial charge is 0.385 e. The number of β-amino-alcohol motifs (C(OH)–C–C–N with tert-alkyl or cyclic N) is 1. The first kappa shape index (κ1) is 14.8. The molecule has 1 heterocycles. The molecule has 7 heteroatoms. The van der Waals surface area contributed by atoms with Crippen LogP contribution in [-0.4, -0.2) is 27.2 Å². The third-order valence-corrected chi connectivity index (χ3v) is 2.11. The molecule has 0 aromatic carbocycles. The van der Waals surface area contributed by atoms with E-state index in [1.165, 1.54) is 0 Å². The Labute approximate surface area is 103 Å². The van der Waals surface area contributed by atoms with Crippen LogP contribution in [0.3, 0.4) is 0 Å². The molecule has 0 radical (unpaired) electrons. The van der Waals surface area contributed by atoms with Crippen molar-refractivity contribution >= 4 is 0 Å². The van der Waals surface area contributed by atoms with Gasteiger partial charge >= 0.3 is 6.18 Å². The molecule has 0 amide bonds. The third-order valence-electron chi connectivity index (χ3n) is 2.11. The van der Waals surface area contributed by atoms with E-state index in [4.69, 9.17) is 0 Å². The molecule has 1 aromatic heterocycles. The lowest BCUT2D eigenvalue weighted by Gasteiger charge is -2.22.